The Hall–Kier alpha value is -1.39. The molecule has 20 heavy (non-hydrogen) atoms. The van der Waals surface area contributed by atoms with E-state index in [0.717, 1.165) is 56.8 Å². The normalized spacial score (nSPS) is 17.9. The van der Waals surface area contributed by atoms with Crippen LogP contribution in [0.2, 0.25) is 0 Å². The number of nitrogens with zero attached hydrogens (tertiary/aromatic N) is 3. The summed E-state index contributed by atoms with van der Waals surface area (Å²) in [5.41, 5.74) is 2.33. The third-order valence-corrected chi connectivity index (χ3v) is 4.10. The van der Waals surface area contributed by atoms with Crippen molar-refractivity contribution in [2.45, 2.75) is 45.4 Å². The largest absolute Gasteiger partial charge is 0.393 e. The van der Waals surface area contributed by atoms with Gasteiger partial charge in [0.2, 0.25) is 0 Å². The van der Waals surface area contributed by atoms with E-state index in [1.807, 2.05) is 6.07 Å². The molecule has 0 atom stereocenters. The molecule has 1 fully saturated rings. The average Bonchev–Trinajstić information content (AvgIpc) is 2.80. The molecule has 0 radical (unpaired) electrons. The van der Waals surface area contributed by atoms with Crippen molar-refractivity contribution < 1.29 is 5.11 Å². The van der Waals surface area contributed by atoms with Gasteiger partial charge >= 0.3 is 0 Å². The van der Waals surface area contributed by atoms with E-state index in [9.17, 15) is 5.11 Å². The van der Waals surface area contributed by atoms with Crippen LogP contribution in [0.15, 0.2) is 24.3 Å². The van der Waals surface area contributed by atoms with Gasteiger partial charge in [-0.25, -0.2) is 4.98 Å². The maximum atomic E-state index is 9.60. The van der Waals surface area contributed by atoms with Gasteiger partial charge < -0.3 is 9.67 Å². The number of imidazole rings is 1. The standard InChI is InChI=1S/C16H23N3O/c1-2-9-19-15-6-4-3-5-14(15)17-16(19)12-18-10-7-13(20)8-11-18/h3-6,13,20H,2,7-12H2,1H3. The molecule has 1 aromatic carbocycles. The van der Waals surface area contributed by atoms with Gasteiger partial charge in [0.05, 0.1) is 23.7 Å². The van der Waals surface area contributed by atoms with Crippen LogP contribution in [0.5, 0.6) is 0 Å². The molecule has 2 heterocycles. The number of rotatable bonds is 4. The predicted molar refractivity (Wildman–Crippen MR) is 80.5 cm³/mol. The van der Waals surface area contributed by atoms with Gasteiger partial charge in [0.1, 0.15) is 5.82 Å². The van der Waals surface area contributed by atoms with E-state index in [1.165, 1.54) is 5.52 Å². The number of para-hydroxylation sites is 2. The second-order valence-electron chi connectivity index (χ2n) is 5.68. The van der Waals surface area contributed by atoms with Gasteiger partial charge in [-0.15, -0.1) is 0 Å². The fraction of sp³-hybridized carbons (Fsp3) is 0.562. The smallest absolute Gasteiger partial charge is 0.124 e. The highest BCUT2D eigenvalue weighted by Crippen LogP contribution is 2.19. The average molecular weight is 273 g/mol. The summed E-state index contributed by atoms with van der Waals surface area (Å²) in [4.78, 5) is 7.21. The number of benzene rings is 1. The van der Waals surface area contributed by atoms with Crippen molar-refractivity contribution in [1.82, 2.24) is 14.5 Å². The van der Waals surface area contributed by atoms with Gasteiger partial charge in [0.15, 0.2) is 0 Å². The van der Waals surface area contributed by atoms with Gasteiger partial charge in [-0.05, 0) is 31.4 Å². The van der Waals surface area contributed by atoms with Crippen LogP contribution in [0.1, 0.15) is 32.0 Å². The number of hydrogen-bond acceptors (Lipinski definition) is 3. The first-order valence-electron chi connectivity index (χ1n) is 7.62. The molecule has 1 saturated heterocycles. The summed E-state index contributed by atoms with van der Waals surface area (Å²) in [5.74, 6) is 1.16. The number of fused-ring (bicyclic) bond motifs is 1. The minimum atomic E-state index is -0.110. The molecule has 108 valence electrons. The Labute approximate surface area is 120 Å². The van der Waals surface area contributed by atoms with E-state index in [-0.39, 0.29) is 6.10 Å². The quantitative estimate of drug-likeness (QED) is 0.930. The highest BCUT2D eigenvalue weighted by atomic mass is 16.3. The van der Waals surface area contributed by atoms with Crippen molar-refractivity contribution >= 4 is 11.0 Å². The first kappa shape index (κ1) is 13.6. The third-order valence-electron chi connectivity index (χ3n) is 4.10. The van der Waals surface area contributed by atoms with Gasteiger partial charge in [0.25, 0.3) is 0 Å². The van der Waals surface area contributed by atoms with Crippen molar-refractivity contribution in [3.05, 3.63) is 30.1 Å². The SMILES string of the molecule is CCCn1c(CN2CCC(O)CC2)nc2ccccc21. The van der Waals surface area contributed by atoms with Gasteiger partial charge in [-0.3, -0.25) is 4.90 Å². The summed E-state index contributed by atoms with van der Waals surface area (Å²) >= 11 is 0. The molecule has 0 bridgehead atoms. The molecular weight excluding hydrogens is 250 g/mol. The van der Waals surface area contributed by atoms with E-state index >= 15 is 0 Å². The molecule has 0 saturated carbocycles. The van der Waals surface area contributed by atoms with Crippen LogP contribution in [-0.4, -0.2) is 38.8 Å². The number of aromatic nitrogens is 2. The second-order valence-corrected chi connectivity index (χ2v) is 5.68. The van der Waals surface area contributed by atoms with Crippen molar-refractivity contribution in [1.29, 1.82) is 0 Å². The van der Waals surface area contributed by atoms with Crippen LogP contribution in [0.25, 0.3) is 11.0 Å². The summed E-state index contributed by atoms with van der Waals surface area (Å²) in [6, 6.07) is 8.37. The molecule has 1 aliphatic rings. The molecule has 4 nitrogen and oxygen atoms in total. The second kappa shape index (κ2) is 5.94. The number of aliphatic hydroxyl groups excluding tert-OH is 1. The molecule has 4 heteroatoms. The Bertz CT molecular complexity index is 570. The van der Waals surface area contributed by atoms with Crippen molar-refractivity contribution in [3.63, 3.8) is 0 Å². The van der Waals surface area contributed by atoms with Gasteiger partial charge in [0, 0.05) is 19.6 Å². The fourth-order valence-corrected chi connectivity index (χ4v) is 3.00. The first-order valence-corrected chi connectivity index (χ1v) is 7.62. The minimum absolute atomic E-state index is 0.110. The predicted octanol–water partition coefficient (Wildman–Crippen LogP) is 2.40. The molecule has 0 spiro atoms. The molecule has 0 amide bonds. The number of likely N-dealkylation sites (tertiary alicyclic amines) is 1. The van der Waals surface area contributed by atoms with Crippen LogP contribution >= 0.6 is 0 Å². The maximum Gasteiger partial charge on any atom is 0.124 e. The molecule has 0 aliphatic carbocycles. The monoisotopic (exact) mass is 273 g/mol. The van der Waals surface area contributed by atoms with Gasteiger partial charge in [-0.2, -0.15) is 0 Å². The van der Waals surface area contributed by atoms with Crippen molar-refractivity contribution in [2.24, 2.45) is 0 Å². The van der Waals surface area contributed by atoms with E-state index in [4.69, 9.17) is 4.98 Å². The molecule has 0 unspecified atom stereocenters. The Morgan fingerprint density at radius 1 is 1.25 bits per heavy atom. The number of aryl methyl sites for hydroxylation is 1. The molecule has 1 aliphatic heterocycles. The summed E-state index contributed by atoms with van der Waals surface area (Å²) in [7, 11) is 0. The zero-order valence-corrected chi connectivity index (χ0v) is 12.1. The minimum Gasteiger partial charge on any atom is -0.393 e. The van der Waals surface area contributed by atoms with E-state index in [2.05, 4.69) is 34.6 Å². The first-order chi connectivity index (χ1) is 9.78. The maximum absolute atomic E-state index is 9.60. The lowest BCUT2D eigenvalue weighted by atomic mass is 10.1. The van der Waals surface area contributed by atoms with Crippen LogP contribution in [0, 0.1) is 0 Å². The van der Waals surface area contributed by atoms with Crippen LogP contribution < -0.4 is 0 Å². The topological polar surface area (TPSA) is 41.3 Å². The Morgan fingerprint density at radius 3 is 2.75 bits per heavy atom. The van der Waals surface area contributed by atoms with E-state index in [1.54, 1.807) is 0 Å². The summed E-state index contributed by atoms with van der Waals surface area (Å²) < 4.78 is 2.35. The summed E-state index contributed by atoms with van der Waals surface area (Å²) in [5, 5.41) is 9.60. The van der Waals surface area contributed by atoms with Gasteiger partial charge in [-0.1, -0.05) is 19.1 Å². The lowest BCUT2D eigenvalue weighted by Gasteiger charge is -2.29. The van der Waals surface area contributed by atoms with Crippen molar-refractivity contribution in [2.75, 3.05) is 13.1 Å². The van der Waals surface area contributed by atoms with Crippen molar-refractivity contribution in [3.8, 4) is 0 Å². The lowest BCUT2D eigenvalue weighted by molar-refractivity contribution is 0.0775. The highest BCUT2D eigenvalue weighted by Gasteiger charge is 2.19. The zero-order chi connectivity index (χ0) is 13.9. The fourth-order valence-electron chi connectivity index (χ4n) is 3.00. The molecular formula is C16H23N3O. The van der Waals surface area contributed by atoms with E-state index < -0.39 is 0 Å². The molecule has 1 N–H and O–H groups in total. The number of piperidine rings is 1. The Morgan fingerprint density at radius 2 is 2.00 bits per heavy atom. The highest BCUT2D eigenvalue weighted by molar-refractivity contribution is 5.75. The van der Waals surface area contributed by atoms with E-state index in [0.29, 0.717) is 0 Å². The number of aliphatic hydroxyl groups is 1. The lowest BCUT2D eigenvalue weighted by Crippen LogP contribution is -2.36. The van der Waals surface area contributed by atoms with Crippen LogP contribution in [0.4, 0.5) is 0 Å². The molecule has 3 rings (SSSR count). The summed E-state index contributed by atoms with van der Waals surface area (Å²) in [6.45, 7) is 6.05. The van der Waals surface area contributed by atoms with Crippen LogP contribution in [0.3, 0.4) is 0 Å². The third kappa shape index (κ3) is 2.72. The van der Waals surface area contributed by atoms with Crippen LogP contribution in [-0.2, 0) is 13.1 Å². The zero-order valence-electron chi connectivity index (χ0n) is 12.1. The molecule has 1 aromatic heterocycles. The summed E-state index contributed by atoms with van der Waals surface area (Å²) in [6.07, 6.45) is 2.77. The molecule has 2 aromatic rings. The Kier molecular flexibility index (Phi) is 4.03. The number of hydrogen-bond donors (Lipinski definition) is 1. The Balaban J connectivity index is 1.84.